The average molecular weight is 416 g/mol. The first kappa shape index (κ1) is 22.3. The van der Waals surface area contributed by atoms with E-state index in [1.165, 1.54) is 28.1 Å². The molecule has 0 bridgehead atoms. The summed E-state index contributed by atoms with van der Waals surface area (Å²) in [5, 5.41) is 16.9. The number of rotatable bonds is 8. The molecule has 29 heavy (non-hydrogen) atoms. The Kier molecular flexibility index (Phi) is 9.04. The molecule has 0 radical (unpaired) electrons. The van der Waals surface area contributed by atoms with E-state index in [2.05, 4.69) is 46.9 Å². The maximum Gasteiger partial charge on any atom is 0.328 e. The number of likely N-dealkylation sites (tertiary alicyclic amines) is 1. The van der Waals surface area contributed by atoms with E-state index in [0.29, 0.717) is 12.2 Å². The van der Waals surface area contributed by atoms with Crippen molar-refractivity contribution in [3.05, 3.63) is 55.3 Å². The Bertz CT molecular complexity index is 888. The van der Waals surface area contributed by atoms with Gasteiger partial charge in [0.2, 0.25) is 0 Å². The summed E-state index contributed by atoms with van der Waals surface area (Å²) in [6.07, 6.45) is 7.52. The van der Waals surface area contributed by atoms with Crippen molar-refractivity contribution in [1.82, 2.24) is 9.88 Å². The molecule has 3 rings (SSSR count). The standard InChI is InChI=1S/C17H21N3S.C4H4O4/c1-2-10-20-11-5-8-17(20)18-9-12-21-16-13-19-15-7-4-3-6-14(15)16;5-3(6)1-2-4(7)8/h2-4,6-7,13,19H,1,5,8-12H2;1-2H,(H,5,6)(H,7,8)/b18-17+;2-1+. The maximum atomic E-state index is 9.55. The van der Waals surface area contributed by atoms with Crippen LogP contribution in [0, 0.1) is 0 Å². The largest absolute Gasteiger partial charge is 0.478 e. The maximum absolute atomic E-state index is 9.55. The lowest BCUT2D eigenvalue weighted by molar-refractivity contribution is -0.134. The molecule has 8 heteroatoms. The predicted molar refractivity (Wildman–Crippen MR) is 117 cm³/mol. The van der Waals surface area contributed by atoms with Gasteiger partial charge in [-0.15, -0.1) is 18.3 Å². The first-order chi connectivity index (χ1) is 14.0. The summed E-state index contributed by atoms with van der Waals surface area (Å²) in [6, 6.07) is 8.44. The van der Waals surface area contributed by atoms with Crippen molar-refractivity contribution < 1.29 is 19.8 Å². The highest BCUT2D eigenvalue weighted by atomic mass is 32.2. The van der Waals surface area contributed by atoms with Crippen LogP contribution in [0.25, 0.3) is 10.9 Å². The number of benzene rings is 1. The number of aromatic amines is 1. The molecular formula is C21H25N3O4S. The Hall–Kier alpha value is -3.00. The van der Waals surface area contributed by atoms with Gasteiger partial charge in [-0.05, 0) is 12.5 Å². The number of nitrogens with zero attached hydrogens (tertiary/aromatic N) is 2. The molecule has 0 unspecified atom stereocenters. The molecule has 0 amide bonds. The lowest BCUT2D eigenvalue weighted by atomic mass is 10.2. The van der Waals surface area contributed by atoms with Crippen molar-refractivity contribution in [2.24, 2.45) is 4.99 Å². The van der Waals surface area contributed by atoms with Crippen LogP contribution in [-0.2, 0) is 9.59 Å². The number of para-hydroxylation sites is 1. The number of hydrogen-bond donors (Lipinski definition) is 3. The second kappa shape index (κ2) is 11.8. The van der Waals surface area contributed by atoms with Gasteiger partial charge in [-0.2, -0.15) is 0 Å². The van der Waals surface area contributed by atoms with Crippen molar-refractivity contribution in [1.29, 1.82) is 0 Å². The smallest absolute Gasteiger partial charge is 0.328 e. The number of carboxylic acid groups (broad SMARTS) is 2. The van der Waals surface area contributed by atoms with E-state index in [4.69, 9.17) is 15.2 Å². The highest BCUT2D eigenvalue weighted by Gasteiger charge is 2.16. The molecule has 3 N–H and O–H groups in total. The number of H-pyrrole nitrogens is 1. The van der Waals surface area contributed by atoms with Crippen LogP contribution in [0.1, 0.15) is 12.8 Å². The lowest BCUT2D eigenvalue weighted by Gasteiger charge is -2.16. The highest BCUT2D eigenvalue weighted by molar-refractivity contribution is 7.99. The molecule has 1 aromatic heterocycles. The van der Waals surface area contributed by atoms with Gasteiger partial charge < -0.3 is 20.1 Å². The number of hydrogen-bond acceptors (Lipinski definition) is 4. The number of aliphatic carboxylic acids is 2. The molecule has 1 aliphatic rings. The molecule has 1 saturated heterocycles. The van der Waals surface area contributed by atoms with E-state index in [1.54, 1.807) is 0 Å². The second-order valence-corrected chi connectivity index (χ2v) is 7.33. The molecule has 0 atom stereocenters. The Labute approximate surface area is 173 Å². The predicted octanol–water partition coefficient (Wildman–Crippen LogP) is 3.65. The third kappa shape index (κ3) is 7.50. The van der Waals surface area contributed by atoms with Crippen LogP contribution < -0.4 is 0 Å². The van der Waals surface area contributed by atoms with Crippen LogP contribution in [0.2, 0.25) is 0 Å². The minimum absolute atomic E-state index is 0.558. The first-order valence-electron chi connectivity index (χ1n) is 9.23. The topological polar surface area (TPSA) is 106 Å². The fraction of sp³-hybridized carbons (Fsp3) is 0.286. The SMILES string of the molecule is C=CCN1CCC/C1=N\CCSc1c[nH]c2ccccc12.O=C(O)/C=C/C(=O)O. The van der Waals surface area contributed by atoms with Gasteiger partial charge >= 0.3 is 11.9 Å². The van der Waals surface area contributed by atoms with E-state index >= 15 is 0 Å². The number of amidine groups is 1. The summed E-state index contributed by atoms with van der Waals surface area (Å²) in [7, 11) is 0. The van der Waals surface area contributed by atoms with Gasteiger partial charge in [0.05, 0.1) is 12.4 Å². The van der Waals surface area contributed by atoms with Gasteiger partial charge in [0, 0.05) is 59.4 Å². The third-order valence-corrected chi connectivity index (χ3v) is 5.14. The Morgan fingerprint density at radius 1 is 1.24 bits per heavy atom. The van der Waals surface area contributed by atoms with Crippen molar-refractivity contribution in [3.8, 4) is 0 Å². The van der Waals surface area contributed by atoms with Crippen LogP contribution in [-0.4, -0.2) is 63.3 Å². The molecule has 0 spiro atoms. The van der Waals surface area contributed by atoms with Gasteiger partial charge in [-0.3, -0.25) is 4.99 Å². The van der Waals surface area contributed by atoms with Gasteiger partial charge in [0.15, 0.2) is 0 Å². The number of thioether (sulfide) groups is 1. The normalized spacial score (nSPS) is 14.9. The molecule has 2 aromatic rings. The molecule has 154 valence electrons. The van der Waals surface area contributed by atoms with Crippen molar-refractivity contribution in [2.75, 3.05) is 25.4 Å². The van der Waals surface area contributed by atoms with Crippen LogP contribution in [0.3, 0.4) is 0 Å². The van der Waals surface area contributed by atoms with Crippen LogP contribution in [0.5, 0.6) is 0 Å². The number of carboxylic acids is 2. The summed E-state index contributed by atoms with van der Waals surface area (Å²) in [4.78, 5) is 30.8. The quantitative estimate of drug-likeness (QED) is 0.263. The molecular weight excluding hydrogens is 390 g/mol. The zero-order valence-corrected chi connectivity index (χ0v) is 16.9. The molecule has 0 saturated carbocycles. The monoisotopic (exact) mass is 415 g/mol. The van der Waals surface area contributed by atoms with E-state index in [9.17, 15) is 9.59 Å². The summed E-state index contributed by atoms with van der Waals surface area (Å²) < 4.78 is 0. The summed E-state index contributed by atoms with van der Waals surface area (Å²) in [5.41, 5.74) is 1.21. The Morgan fingerprint density at radius 2 is 1.97 bits per heavy atom. The van der Waals surface area contributed by atoms with E-state index in [0.717, 1.165) is 31.8 Å². The van der Waals surface area contributed by atoms with Crippen LogP contribution in [0.4, 0.5) is 0 Å². The van der Waals surface area contributed by atoms with Crippen LogP contribution in [0.15, 0.2) is 65.2 Å². The molecule has 1 aliphatic heterocycles. The number of aliphatic imine (C=N–C) groups is 1. The van der Waals surface area contributed by atoms with Crippen LogP contribution >= 0.6 is 11.8 Å². The number of aromatic nitrogens is 1. The molecule has 1 fully saturated rings. The van der Waals surface area contributed by atoms with Crippen molar-refractivity contribution in [3.63, 3.8) is 0 Å². The van der Waals surface area contributed by atoms with E-state index < -0.39 is 11.9 Å². The van der Waals surface area contributed by atoms with Gasteiger partial charge in [0.25, 0.3) is 0 Å². The third-order valence-electron chi connectivity index (χ3n) is 4.11. The fourth-order valence-corrected chi connectivity index (χ4v) is 3.76. The highest BCUT2D eigenvalue weighted by Crippen LogP contribution is 2.27. The lowest BCUT2D eigenvalue weighted by Crippen LogP contribution is -2.25. The summed E-state index contributed by atoms with van der Waals surface area (Å²) in [6.45, 7) is 6.75. The molecule has 7 nitrogen and oxygen atoms in total. The van der Waals surface area contributed by atoms with Gasteiger partial charge in [0.1, 0.15) is 0 Å². The first-order valence-corrected chi connectivity index (χ1v) is 10.2. The summed E-state index contributed by atoms with van der Waals surface area (Å²) >= 11 is 1.88. The Morgan fingerprint density at radius 3 is 2.66 bits per heavy atom. The van der Waals surface area contributed by atoms with Gasteiger partial charge in [-0.25, -0.2) is 9.59 Å². The van der Waals surface area contributed by atoms with Crippen molar-refractivity contribution >= 4 is 40.4 Å². The molecule has 2 heterocycles. The number of nitrogens with one attached hydrogen (secondary N) is 1. The Balaban J connectivity index is 0.000000321. The second-order valence-electron chi connectivity index (χ2n) is 6.19. The zero-order valence-electron chi connectivity index (χ0n) is 16.1. The number of carbonyl (C=O) groups is 2. The van der Waals surface area contributed by atoms with Gasteiger partial charge in [-0.1, -0.05) is 24.3 Å². The minimum Gasteiger partial charge on any atom is -0.478 e. The summed E-state index contributed by atoms with van der Waals surface area (Å²) in [5.74, 6) is -0.234. The number of fused-ring (bicyclic) bond motifs is 1. The fourth-order valence-electron chi connectivity index (χ4n) is 2.88. The molecule has 1 aromatic carbocycles. The zero-order chi connectivity index (χ0) is 21.1. The minimum atomic E-state index is -1.26. The average Bonchev–Trinajstić information content (AvgIpc) is 3.31. The van der Waals surface area contributed by atoms with E-state index in [-0.39, 0.29) is 0 Å². The molecule has 0 aliphatic carbocycles. The van der Waals surface area contributed by atoms with E-state index in [1.807, 2.05) is 17.8 Å². The van der Waals surface area contributed by atoms with Crippen molar-refractivity contribution in [2.45, 2.75) is 17.7 Å².